The van der Waals surface area contributed by atoms with E-state index in [9.17, 15) is 27.9 Å². The summed E-state index contributed by atoms with van der Waals surface area (Å²) >= 11 is 0. The molecule has 7 nitrogen and oxygen atoms in total. The number of amides is 1. The number of carbonyl (C=O) groups excluding carboxylic acids is 1. The lowest BCUT2D eigenvalue weighted by atomic mass is 10.0. The van der Waals surface area contributed by atoms with E-state index in [-0.39, 0.29) is 16.9 Å². The third-order valence-corrected chi connectivity index (χ3v) is 4.78. The zero-order valence-corrected chi connectivity index (χ0v) is 17.2. The lowest BCUT2D eigenvalue weighted by Gasteiger charge is -2.17. The van der Waals surface area contributed by atoms with Gasteiger partial charge in [0.1, 0.15) is 5.69 Å². The first-order valence-corrected chi connectivity index (χ1v) is 9.63. The molecule has 0 aliphatic heterocycles. The third-order valence-electron chi connectivity index (χ3n) is 4.78. The van der Waals surface area contributed by atoms with Gasteiger partial charge in [0, 0.05) is 11.8 Å². The molecule has 2 atom stereocenters. The number of hydrogen-bond donors (Lipinski definition) is 3. The van der Waals surface area contributed by atoms with Crippen molar-refractivity contribution in [3.8, 4) is 5.69 Å². The van der Waals surface area contributed by atoms with Crippen molar-refractivity contribution in [2.45, 2.75) is 32.2 Å². The van der Waals surface area contributed by atoms with Gasteiger partial charge in [0.25, 0.3) is 11.5 Å². The highest BCUT2D eigenvalue weighted by Crippen LogP contribution is 2.32. The van der Waals surface area contributed by atoms with Crippen LogP contribution in [0.4, 0.5) is 18.9 Å². The molecular weight excluding hydrogens is 425 g/mol. The van der Waals surface area contributed by atoms with Crippen molar-refractivity contribution < 1.29 is 23.1 Å². The Morgan fingerprint density at radius 3 is 2.47 bits per heavy atom. The normalized spacial score (nSPS) is 13.4. The summed E-state index contributed by atoms with van der Waals surface area (Å²) in [6.45, 7) is 3.08. The van der Waals surface area contributed by atoms with E-state index < -0.39 is 35.4 Å². The maximum absolute atomic E-state index is 13.1. The fraction of sp³-hybridized carbons (Fsp3) is 0.227. The zero-order chi connectivity index (χ0) is 23.6. The van der Waals surface area contributed by atoms with Crippen molar-refractivity contribution in [2.24, 2.45) is 0 Å². The molecule has 0 spiro atoms. The predicted octanol–water partition coefficient (Wildman–Crippen LogP) is 3.38. The molecule has 0 saturated carbocycles. The predicted molar refractivity (Wildman–Crippen MR) is 112 cm³/mol. The SMILES string of the molecule is C[C@H](O)c1cccc(-n2nc(C(=O)N[C@H](C)c3cc(N)cc(C(F)(F)F)c3)ccc2=O)c1. The number of anilines is 1. The van der Waals surface area contributed by atoms with E-state index in [1.165, 1.54) is 19.1 Å². The number of rotatable bonds is 5. The molecule has 0 saturated heterocycles. The largest absolute Gasteiger partial charge is 0.416 e. The first-order valence-electron chi connectivity index (χ1n) is 9.63. The van der Waals surface area contributed by atoms with Crippen molar-refractivity contribution in [1.82, 2.24) is 15.1 Å². The van der Waals surface area contributed by atoms with Crippen LogP contribution in [-0.4, -0.2) is 20.8 Å². The quantitative estimate of drug-likeness (QED) is 0.521. The van der Waals surface area contributed by atoms with Crippen LogP contribution in [0.25, 0.3) is 5.69 Å². The smallest absolute Gasteiger partial charge is 0.399 e. The average molecular weight is 446 g/mol. The van der Waals surface area contributed by atoms with E-state index in [0.717, 1.165) is 22.9 Å². The topological polar surface area (TPSA) is 110 Å². The first-order chi connectivity index (χ1) is 15.0. The molecule has 0 bridgehead atoms. The van der Waals surface area contributed by atoms with Gasteiger partial charge in [0.05, 0.1) is 23.4 Å². The van der Waals surface area contributed by atoms with Gasteiger partial charge in [0.15, 0.2) is 0 Å². The van der Waals surface area contributed by atoms with Gasteiger partial charge in [-0.3, -0.25) is 9.59 Å². The van der Waals surface area contributed by atoms with Gasteiger partial charge < -0.3 is 16.2 Å². The van der Waals surface area contributed by atoms with E-state index in [2.05, 4.69) is 10.4 Å². The van der Waals surface area contributed by atoms with Crippen LogP contribution in [0, 0.1) is 0 Å². The molecule has 4 N–H and O–H groups in total. The average Bonchev–Trinajstić information content (AvgIpc) is 2.73. The second-order valence-electron chi connectivity index (χ2n) is 7.32. The number of aliphatic hydroxyl groups is 1. The second-order valence-corrected chi connectivity index (χ2v) is 7.32. The monoisotopic (exact) mass is 446 g/mol. The highest BCUT2D eigenvalue weighted by atomic mass is 19.4. The van der Waals surface area contributed by atoms with Crippen molar-refractivity contribution in [3.63, 3.8) is 0 Å². The summed E-state index contributed by atoms with van der Waals surface area (Å²) in [4.78, 5) is 25.0. The summed E-state index contributed by atoms with van der Waals surface area (Å²) in [5, 5.41) is 16.4. The van der Waals surface area contributed by atoms with Crippen LogP contribution in [-0.2, 0) is 6.18 Å². The fourth-order valence-electron chi connectivity index (χ4n) is 3.08. The van der Waals surface area contributed by atoms with Crippen molar-refractivity contribution in [1.29, 1.82) is 0 Å². The fourth-order valence-corrected chi connectivity index (χ4v) is 3.08. The van der Waals surface area contributed by atoms with Crippen LogP contribution in [0.15, 0.2) is 59.4 Å². The molecule has 0 fully saturated rings. The molecule has 2 aromatic carbocycles. The Labute approximate surface area is 181 Å². The van der Waals surface area contributed by atoms with Crippen LogP contribution in [0.1, 0.15) is 53.2 Å². The van der Waals surface area contributed by atoms with E-state index in [0.29, 0.717) is 11.3 Å². The molecule has 32 heavy (non-hydrogen) atoms. The number of benzene rings is 2. The van der Waals surface area contributed by atoms with Crippen LogP contribution in [0.5, 0.6) is 0 Å². The second kappa shape index (κ2) is 8.83. The van der Waals surface area contributed by atoms with Gasteiger partial charge in [-0.1, -0.05) is 12.1 Å². The van der Waals surface area contributed by atoms with Crippen molar-refractivity contribution >= 4 is 11.6 Å². The summed E-state index contributed by atoms with van der Waals surface area (Å²) in [5.74, 6) is -0.686. The number of halogens is 3. The minimum absolute atomic E-state index is 0.0828. The van der Waals surface area contributed by atoms with E-state index in [1.54, 1.807) is 31.2 Å². The highest BCUT2D eigenvalue weighted by molar-refractivity contribution is 5.92. The van der Waals surface area contributed by atoms with Gasteiger partial charge in [-0.05, 0) is 61.4 Å². The molecule has 3 aromatic rings. The Hall–Kier alpha value is -3.66. The molecule has 168 valence electrons. The standard InChI is InChI=1S/C22H21F3N4O3/c1-12(15-8-16(22(23,24)25)11-17(26)9-15)27-21(32)19-6-7-20(31)29(28-19)18-5-3-4-14(10-18)13(2)30/h3-13,30H,26H2,1-2H3,(H,27,32)/t12-,13+/m1/s1. The number of alkyl halides is 3. The Kier molecular flexibility index (Phi) is 6.35. The third kappa shape index (κ3) is 5.14. The van der Waals surface area contributed by atoms with Gasteiger partial charge in [-0.25, -0.2) is 0 Å². The van der Waals surface area contributed by atoms with E-state index in [4.69, 9.17) is 5.73 Å². The summed E-state index contributed by atoms with van der Waals surface area (Å²) in [5.41, 5.74) is 5.05. The Bertz CT molecular complexity index is 1210. The summed E-state index contributed by atoms with van der Waals surface area (Å²) in [6, 6.07) is 11.1. The molecule has 0 aliphatic carbocycles. The maximum atomic E-state index is 13.1. The molecule has 1 aromatic heterocycles. The number of aliphatic hydroxyl groups excluding tert-OH is 1. The summed E-state index contributed by atoms with van der Waals surface area (Å²) < 4.78 is 40.2. The number of nitrogen functional groups attached to an aromatic ring is 1. The Morgan fingerprint density at radius 2 is 1.81 bits per heavy atom. The molecule has 1 amide bonds. The number of aromatic nitrogens is 2. The van der Waals surface area contributed by atoms with Gasteiger partial charge in [-0.15, -0.1) is 0 Å². The molecular formula is C22H21F3N4O3. The van der Waals surface area contributed by atoms with E-state index >= 15 is 0 Å². The number of hydrogen-bond acceptors (Lipinski definition) is 5. The summed E-state index contributed by atoms with van der Waals surface area (Å²) in [6.07, 6.45) is -5.34. The maximum Gasteiger partial charge on any atom is 0.416 e. The van der Waals surface area contributed by atoms with Crippen molar-refractivity contribution in [3.05, 3.63) is 87.3 Å². The van der Waals surface area contributed by atoms with Crippen LogP contribution in [0.2, 0.25) is 0 Å². The number of nitrogens with one attached hydrogen (secondary N) is 1. The molecule has 0 aliphatic rings. The Morgan fingerprint density at radius 1 is 1.09 bits per heavy atom. The first kappa shape index (κ1) is 23.0. The Balaban J connectivity index is 1.88. The van der Waals surface area contributed by atoms with Gasteiger partial charge in [0.2, 0.25) is 0 Å². The number of nitrogens with two attached hydrogens (primary N) is 1. The molecule has 0 radical (unpaired) electrons. The molecule has 0 unspecified atom stereocenters. The van der Waals surface area contributed by atoms with Crippen LogP contribution >= 0.6 is 0 Å². The zero-order valence-electron chi connectivity index (χ0n) is 17.2. The number of carbonyl (C=O) groups is 1. The molecule has 10 heteroatoms. The van der Waals surface area contributed by atoms with Crippen LogP contribution < -0.4 is 16.6 Å². The van der Waals surface area contributed by atoms with Crippen molar-refractivity contribution in [2.75, 3.05) is 5.73 Å². The minimum Gasteiger partial charge on any atom is -0.399 e. The van der Waals surface area contributed by atoms with Gasteiger partial charge >= 0.3 is 6.18 Å². The lowest BCUT2D eigenvalue weighted by Crippen LogP contribution is -2.31. The van der Waals surface area contributed by atoms with Crippen LogP contribution in [0.3, 0.4) is 0 Å². The molecule has 1 heterocycles. The highest BCUT2D eigenvalue weighted by Gasteiger charge is 2.31. The molecule has 3 rings (SSSR count). The van der Waals surface area contributed by atoms with Gasteiger partial charge in [-0.2, -0.15) is 23.0 Å². The summed E-state index contributed by atoms with van der Waals surface area (Å²) in [7, 11) is 0. The lowest BCUT2D eigenvalue weighted by molar-refractivity contribution is -0.137. The minimum atomic E-state index is -4.58. The number of nitrogens with zero attached hydrogens (tertiary/aromatic N) is 2. The van der Waals surface area contributed by atoms with E-state index in [1.807, 2.05) is 0 Å².